The van der Waals surface area contributed by atoms with E-state index in [1.54, 1.807) is 37.3 Å². The van der Waals surface area contributed by atoms with Crippen LogP contribution in [-0.2, 0) is 0 Å². The third-order valence-corrected chi connectivity index (χ3v) is 8.69. The normalized spacial score (nSPS) is 20.7. The van der Waals surface area contributed by atoms with E-state index in [1.165, 1.54) is 6.07 Å². The first-order valence-corrected chi connectivity index (χ1v) is 13.5. The first-order valence-electron chi connectivity index (χ1n) is 13.1. The second-order valence-electron chi connectivity index (χ2n) is 10.1. The van der Waals surface area contributed by atoms with E-state index >= 15 is 22.0 Å². The lowest BCUT2D eigenvalue weighted by Crippen LogP contribution is -2.42. The van der Waals surface area contributed by atoms with Crippen molar-refractivity contribution in [3.8, 4) is 22.3 Å². The Kier molecular flexibility index (Phi) is 8.63. The lowest BCUT2D eigenvalue weighted by molar-refractivity contribution is 0.204. The van der Waals surface area contributed by atoms with Crippen molar-refractivity contribution in [3.63, 3.8) is 0 Å². The SMILES string of the molecule is CCCCC1CCCCC1(Cl)C(CC)c1c(F)c(F)c(-c2ccc(-c3ccccc3)cc2F)c(F)c1F. The summed E-state index contributed by atoms with van der Waals surface area (Å²) in [6, 6.07) is 12.6. The highest BCUT2D eigenvalue weighted by Crippen LogP contribution is 2.53. The molecule has 1 saturated carbocycles. The Bertz CT molecular complexity index is 1210. The van der Waals surface area contributed by atoms with Crippen molar-refractivity contribution in [2.24, 2.45) is 5.92 Å². The van der Waals surface area contributed by atoms with Crippen LogP contribution in [-0.4, -0.2) is 4.87 Å². The van der Waals surface area contributed by atoms with Crippen molar-refractivity contribution in [2.75, 3.05) is 0 Å². The Hall–Kier alpha value is -2.40. The average molecular weight is 535 g/mol. The molecule has 0 bridgehead atoms. The zero-order valence-electron chi connectivity index (χ0n) is 21.2. The molecule has 4 rings (SSSR count). The van der Waals surface area contributed by atoms with Crippen LogP contribution in [0.15, 0.2) is 48.5 Å². The molecule has 3 aromatic carbocycles. The number of alkyl halides is 1. The fourth-order valence-electron chi connectivity index (χ4n) is 6.03. The topological polar surface area (TPSA) is 0 Å². The largest absolute Gasteiger partial charge is 0.206 e. The number of benzene rings is 3. The first kappa shape index (κ1) is 27.6. The van der Waals surface area contributed by atoms with Crippen LogP contribution >= 0.6 is 11.6 Å². The molecule has 0 radical (unpaired) electrons. The highest BCUT2D eigenvalue weighted by atomic mass is 35.5. The van der Waals surface area contributed by atoms with E-state index in [0.717, 1.165) is 50.7 Å². The molecule has 1 aliphatic carbocycles. The zero-order valence-corrected chi connectivity index (χ0v) is 22.0. The maximum atomic E-state index is 15.6. The smallest absolute Gasteiger partial charge is 0.170 e. The summed E-state index contributed by atoms with van der Waals surface area (Å²) in [6.45, 7) is 3.79. The monoisotopic (exact) mass is 534 g/mol. The molecule has 0 spiro atoms. The van der Waals surface area contributed by atoms with Crippen LogP contribution in [0.1, 0.15) is 76.7 Å². The first-order chi connectivity index (χ1) is 17.7. The Labute approximate surface area is 220 Å². The van der Waals surface area contributed by atoms with Crippen LogP contribution in [0.25, 0.3) is 22.3 Å². The molecular weight excluding hydrogens is 503 g/mol. The second kappa shape index (κ2) is 11.6. The molecule has 0 amide bonds. The van der Waals surface area contributed by atoms with Gasteiger partial charge in [0, 0.05) is 17.0 Å². The predicted molar refractivity (Wildman–Crippen MR) is 140 cm³/mol. The summed E-state index contributed by atoms with van der Waals surface area (Å²) in [5, 5.41) is 0. The minimum absolute atomic E-state index is 0.0135. The van der Waals surface area contributed by atoms with Crippen LogP contribution in [0.3, 0.4) is 0 Å². The fraction of sp³-hybridized carbons (Fsp3) is 0.419. The van der Waals surface area contributed by atoms with Gasteiger partial charge in [0.1, 0.15) is 5.82 Å². The highest BCUT2D eigenvalue weighted by Gasteiger charge is 2.47. The lowest BCUT2D eigenvalue weighted by atomic mass is 9.66. The quantitative estimate of drug-likeness (QED) is 0.153. The van der Waals surface area contributed by atoms with E-state index < -0.39 is 56.6 Å². The molecule has 3 aromatic rings. The van der Waals surface area contributed by atoms with Gasteiger partial charge in [-0.25, -0.2) is 22.0 Å². The molecule has 3 unspecified atom stereocenters. The van der Waals surface area contributed by atoms with Crippen LogP contribution in [0.4, 0.5) is 22.0 Å². The Morgan fingerprint density at radius 2 is 1.54 bits per heavy atom. The van der Waals surface area contributed by atoms with Gasteiger partial charge in [-0.3, -0.25) is 0 Å². The number of rotatable bonds is 8. The minimum atomic E-state index is -1.60. The molecule has 0 heterocycles. The van der Waals surface area contributed by atoms with Crippen molar-refractivity contribution < 1.29 is 22.0 Å². The van der Waals surface area contributed by atoms with Crippen molar-refractivity contribution in [1.29, 1.82) is 0 Å². The molecule has 0 aromatic heterocycles. The van der Waals surface area contributed by atoms with Crippen LogP contribution in [0, 0.1) is 35.0 Å². The molecule has 1 aliphatic rings. The van der Waals surface area contributed by atoms with Gasteiger partial charge in [-0.2, -0.15) is 0 Å². The van der Waals surface area contributed by atoms with Gasteiger partial charge in [-0.1, -0.05) is 82.0 Å². The Balaban J connectivity index is 1.80. The summed E-state index contributed by atoms with van der Waals surface area (Å²) in [6.07, 6.45) is 5.96. The number of hydrogen-bond acceptors (Lipinski definition) is 0. The van der Waals surface area contributed by atoms with Gasteiger partial charge in [0.15, 0.2) is 23.3 Å². The summed E-state index contributed by atoms with van der Waals surface area (Å²) in [5.74, 6) is -8.09. The van der Waals surface area contributed by atoms with Crippen LogP contribution < -0.4 is 0 Å². The summed E-state index contributed by atoms with van der Waals surface area (Å²) in [5.41, 5.74) is -1.07. The van der Waals surface area contributed by atoms with Crippen LogP contribution in [0.5, 0.6) is 0 Å². The fourth-order valence-corrected chi connectivity index (χ4v) is 6.64. The van der Waals surface area contributed by atoms with Gasteiger partial charge in [-0.15, -0.1) is 11.6 Å². The molecule has 0 nitrogen and oxygen atoms in total. The van der Waals surface area contributed by atoms with Gasteiger partial charge in [0.25, 0.3) is 0 Å². The van der Waals surface area contributed by atoms with Crippen molar-refractivity contribution in [2.45, 2.75) is 76.0 Å². The molecule has 198 valence electrons. The van der Waals surface area contributed by atoms with Gasteiger partial charge >= 0.3 is 0 Å². The zero-order chi connectivity index (χ0) is 26.7. The van der Waals surface area contributed by atoms with E-state index in [4.69, 9.17) is 11.6 Å². The molecular formula is C31H32ClF5. The summed E-state index contributed by atoms with van der Waals surface area (Å²) in [4.78, 5) is -1.01. The number of halogens is 6. The highest BCUT2D eigenvalue weighted by molar-refractivity contribution is 6.24. The standard InChI is InChI=1S/C31H32ClF5/c1-3-5-13-21-14-9-10-17-31(21,32)23(4-2)26-29(36)27(34)25(28(35)30(26)37)22-16-15-20(18-24(22)33)19-11-7-6-8-12-19/h6-8,11-12,15-16,18,21,23H,3-5,9-10,13-14,17H2,1-2H3. The number of hydrogen-bond donors (Lipinski definition) is 0. The number of unbranched alkanes of at least 4 members (excludes halogenated alkanes) is 1. The Morgan fingerprint density at radius 1 is 0.865 bits per heavy atom. The van der Waals surface area contributed by atoms with E-state index in [9.17, 15) is 0 Å². The van der Waals surface area contributed by atoms with E-state index in [2.05, 4.69) is 6.92 Å². The van der Waals surface area contributed by atoms with Gasteiger partial charge in [0.2, 0.25) is 0 Å². The molecule has 37 heavy (non-hydrogen) atoms. The van der Waals surface area contributed by atoms with Gasteiger partial charge < -0.3 is 0 Å². The van der Waals surface area contributed by atoms with Crippen molar-refractivity contribution in [3.05, 3.63) is 83.2 Å². The third kappa shape index (κ3) is 5.16. The molecule has 3 atom stereocenters. The maximum Gasteiger partial charge on any atom is 0.170 e. The molecule has 1 fully saturated rings. The van der Waals surface area contributed by atoms with Crippen molar-refractivity contribution >= 4 is 11.6 Å². The van der Waals surface area contributed by atoms with Crippen LogP contribution in [0.2, 0.25) is 0 Å². The maximum absolute atomic E-state index is 15.6. The average Bonchev–Trinajstić information content (AvgIpc) is 2.90. The predicted octanol–water partition coefficient (Wildman–Crippen LogP) is 10.6. The molecule has 0 aliphatic heterocycles. The van der Waals surface area contributed by atoms with Gasteiger partial charge in [0.05, 0.1) is 10.4 Å². The van der Waals surface area contributed by atoms with Gasteiger partial charge in [-0.05, 0) is 48.8 Å². The van der Waals surface area contributed by atoms with E-state index in [0.29, 0.717) is 17.5 Å². The Morgan fingerprint density at radius 3 is 2.14 bits per heavy atom. The summed E-state index contributed by atoms with van der Waals surface area (Å²) in [7, 11) is 0. The van der Waals surface area contributed by atoms with E-state index in [1.807, 2.05) is 0 Å². The minimum Gasteiger partial charge on any atom is -0.206 e. The van der Waals surface area contributed by atoms with E-state index in [-0.39, 0.29) is 12.3 Å². The summed E-state index contributed by atoms with van der Waals surface area (Å²) >= 11 is 7.15. The molecule has 0 saturated heterocycles. The summed E-state index contributed by atoms with van der Waals surface area (Å²) < 4.78 is 77.4. The molecule has 6 heteroatoms. The lowest BCUT2D eigenvalue weighted by Gasteiger charge is -2.45. The van der Waals surface area contributed by atoms with Crippen molar-refractivity contribution in [1.82, 2.24) is 0 Å². The third-order valence-electron chi connectivity index (χ3n) is 7.93. The second-order valence-corrected chi connectivity index (χ2v) is 10.8. The molecule has 0 N–H and O–H groups in total.